The molecule has 2 nitrogen and oxygen atoms in total. The van der Waals surface area contributed by atoms with Crippen molar-refractivity contribution >= 4 is 5.97 Å². The highest BCUT2D eigenvalue weighted by atomic mass is 16.5. The summed E-state index contributed by atoms with van der Waals surface area (Å²) in [5.74, 6) is 3.74. The van der Waals surface area contributed by atoms with Gasteiger partial charge in [0.05, 0.1) is 0 Å². The molecule has 0 spiro atoms. The molecule has 2 heteroatoms. The minimum atomic E-state index is -0.107. The molecule has 5 fully saturated rings. The van der Waals surface area contributed by atoms with Gasteiger partial charge in [-0.15, -0.1) is 0 Å². The van der Waals surface area contributed by atoms with E-state index in [1.807, 2.05) is 0 Å². The molecule has 10 atom stereocenters. The number of ether oxygens (including phenoxy) is 1. The molecule has 0 radical (unpaired) electrons. The van der Waals surface area contributed by atoms with Crippen LogP contribution in [0.4, 0.5) is 0 Å². The monoisotopic (exact) mass is 468 g/mol. The Morgan fingerprint density at radius 1 is 0.765 bits per heavy atom. The van der Waals surface area contributed by atoms with Crippen molar-refractivity contribution in [1.82, 2.24) is 0 Å². The molecule has 0 aromatic rings. The SMILES string of the molecule is C=C(C)[C@@H]1CC[C@]2(C)CC[C@]3(C)[C@H](CC[C@@H]4[C@@]5(C)CC[C@H](OC(C)=O)C(C)(C)[C@H]5CC[C@]43C)[C@@H]12. The van der Waals surface area contributed by atoms with E-state index in [-0.39, 0.29) is 17.5 Å². The van der Waals surface area contributed by atoms with Crippen LogP contribution in [0.25, 0.3) is 0 Å². The zero-order valence-electron chi connectivity index (χ0n) is 23.6. The third-order valence-electron chi connectivity index (χ3n) is 13.7. The van der Waals surface area contributed by atoms with E-state index >= 15 is 0 Å². The molecule has 0 aromatic carbocycles. The zero-order chi connectivity index (χ0) is 24.9. The highest BCUT2D eigenvalue weighted by Gasteiger charge is 2.70. The number of carbonyl (C=O) groups is 1. The minimum Gasteiger partial charge on any atom is -0.462 e. The van der Waals surface area contributed by atoms with Crippen LogP contribution in [0.2, 0.25) is 0 Å². The summed E-state index contributed by atoms with van der Waals surface area (Å²) < 4.78 is 5.91. The first kappa shape index (κ1) is 24.9. The van der Waals surface area contributed by atoms with Gasteiger partial charge in [0.2, 0.25) is 0 Å². The summed E-state index contributed by atoms with van der Waals surface area (Å²) in [5, 5.41) is 0. The van der Waals surface area contributed by atoms with Gasteiger partial charge in [-0.1, -0.05) is 53.7 Å². The zero-order valence-corrected chi connectivity index (χ0v) is 23.6. The van der Waals surface area contributed by atoms with Gasteiger partial charge in [0.25, 0.3) is 0 Å². The Morgan fingerprint density at radius 3 is 2.12 bits per heavy atom. The maximum atomic E-state index is 11.9. The smallest absolute Gasteiger partial charge is 0.302 e. The Balaban J connectivity index is 1.50. The fraction of sp³-hybridized carbons (Fsp3) is 0.906. The van der Waals surface area contributed by atoms with E-state index in [1.54, 1.807) is 6.92 Å². The van der Waals surface area contributed by atoms with Crippen molar-refractivity contribution in [3.05, 3.63) is 12.2 Å². The molecule has 0 N–H and O–H groups in total. The molecule has 0 heterocycles. The van der Waals surface area contributed by atoms with Crippen molar-refractivity contribution in [3.8, 4) is 0 Å². The van der Waals surface area contributed by atoms with Crippen LogP contribution >= 0.6 is 0 Å². The van der Waals surface area contributed by atoms with Gasteiger partial charge in [-0.05, 0) is 122 Å². The first-order valence-electron chi connectivity index (χ1n) is 14.5. The van der Waals surface area contributed by atoms with Gasteiger partial charge in [0.15, 0.2) is 0 Å². The third-order valence-corrected chi connectivity index (χ3v) is 13.7. The lowest BCUT2D eigenvalue weighted by atomic mass is 9.32. The maximum Gasteiger partial charge on any atom is 0.302 e. The summed E-state index contributed by atoms with van der Waals surface area (Å²) in [5.41, 5.74) is 3.23. The maximum absolute atomic E-state index is 11.9. The predicted octanol–water partition coefficient (Wildman–Crippen LogP) is 8.60. The summed E-state index contributed by atoms with van der Waals surface area (Å²) >= 11 is 0. The van der Waals surface area contributed by atoms with Crippen LogP contribution in [0.3, 0.4) is 0 Å². The summed E-state index contributed by atoms with van der Waals surface area (Å²) in [7, 11) is 0. The first-order chi connectivity index (χ1) is 15.7. The van der Waals surface area contributed by atoms with Gasteiger partial charge in [-0.25, -0.2) is 0 Å². The van der Waals surface area contributed by atoms with Crippen molar-refractivity contribution in [2.24, 2.45) is 56.7 Å². The first-order valence-corrected chi connectivity index (χ1v) is 14.5. The second kappa shape index (κ2) is 7.61. The molecular formula is C32H52O2. The Labute approximate surface area is 210 Å². The average molecular weight is 469 g/mol. The minimum absolute atomic E-state index is 0.0550. The van der Waals surface area contributed by atoms with Crippen molar-refractivity contribution in [3.63, 3.8) is 0 Å². The van der Waals surface area contributed by atoms with Gasteiger partial charge < -0.3 is 4.74 Å². The highest BCUT2D eigenvalue weighted by Crippen LogP contribution is 2.77. The normalized spacial score (nSPS) is 53.6. The summed E-state index contributed by atoms with van der Waals surface area (Å²) in [6.07, 6.45) is 13.4. The molecule has 0 aliphatic heterocycles. The Morgan fingerprint density at radius 2 is 1.47 bits per heavy atom. The van der Waals surface area contributed by atoms with Crippen LogP contribution in [0.15, 0.2) is 12.2 Å². The highest BCUT2D eigenvalue weighted by molar-refractivity contribution is 5.66. The largest absolute Gasteiger partial charge is 0.462 e. The number of rotatable bonds is 2. The lowest BCUT2D eigenvalue weighted by molar-refractivity contribution is -0.248. The van der Waals surface area contributed by atoms with E-state index in [0.717, 1.165) is 30.1 Å². The third kappa shape index (κ3) is 3.08. The van der Waals surface area contributed by atoms with Crippen molar-refractivity contribution in [2.45, 2.75) is 126 Å². The Hall–Kier alpha value is -0.790. The van der Waals surface area contributed by atoms with Crippen LogP contribution < -0.4 is 0 Å². The summed E-state index contributed by atoms with van der Waals surface area (Å²) in [4.78, 5) is 11.9. The quantitative estimate of drug-likeness (QED) is 0.299. The molecule has 192 valence electrons. The van der Waals surface area contributed by atoms with E-state index in [9.17, 15) is 4.79 Å². The topological polar surface area (TPSA) is 26.3 Å². The fourth-order valence-electron chi connectivity index (χ4n) is 11.9. The lowest BCUT2D eigenvalue weighted by Gasteiger charge is -2.73. The number of carbonyl (C=O) groups excluding carboxylic acids is 1. The van der Waals surface area contributed by atoms with E-state index < -0.39 is 0 Å². The van der Waals surface area contributed by atoms with Crippen molar-refractivity contribution in [1.29, 1.82) is 0 Å². The molecular weight excluding hydrogens is 416 g/mol. The van der Waals surface area contributed by atoms with Gasteiger partial charge in [-0.2, -0.15) is 0 Å². The number of fused-ring (bicyclic) bond motifs is 7. The van der Waals surface area contributed by atoms with Gasteiger partial charge in [-0.3, -0.25) is 4.79 Å². The van der Waals surface area contributed by atoms with E-state index in [1.165, 1.54) is 63.4 Å². The molecule has 0 bridgehead atoms. The van der Waals surface area contributed by atoms with Crippen LogP contribution in [-0.2, 0) is 9.53 Å². The molecule has 5 rings (SSSR count). The molecule has 0 amide bonds. The van der Waals surface area contributed by atoms with Gasteiger partial charge >= 0.3 is 5.97 Å². The van der Waals surface area contributed by atoms with Crippen molar-refractivity contribution in [2.75, 3.05) is 0 Å². The molecule has 5 saturated carbocycles. The Kier molecular flexibility index (Phi) is 5.57. The molecule has 5 aliphatic carbocycles. The average Bonchev–Trinajstić information content (AvgIpc) is 3.08. The Bertz CT molecular complexity index is 872. The van der Waals surface area contributed by atoms with Gasteiger partial charge in [0.1, 0.15) is 6.10 Å². The lowest BCUT2D eigenvalue weighted by Crippen LogP contribution is -2.66. The summed E-state index contributed by atoms with van der Waals surface area (Å²) in [6, 6.07) is 0. The van der Waals surface area contributed by atoms with Crippen LogP contribution in [0, 0.1) is 56.7 Å². The van der Waals surface area contributed by atoms with Crippen molar-refractivity contribution < 1.29 is 9.53 Å². The number of hydrogen-bond donors (Lipinski definition) is 0. The number of hydrogen-bond acceptors (Lipinski definition) is 2. The molecule has 0 aromatic heterocycles. The molecule has 5 aliphatic rings. The van der Waals surface area contributed by atoms with E-state index in [2.05, 4.69) is 55.0 Å². The fourth-order valence-corrected chi connectivity index (χ4v) is 11.9. The molecule has 0 unspecified atom stereocenters. The molecule has 34 heavy (non-hydrogen) atoms. The second-order valence-electron chi connectivity index (χ2n) is 15.3. The van der Waals surface area contributed by atoms with E-state index in [0.29, 0.717) is 27.6 Å². The van der Waals surface area contributed by atoms with E-state index in [4.69, 9.17) is 4.74 Å². The van der Waals surface area contributed by atoms with Crippen LogP contribution in [0.5, 0.6) is 0 Å². The molecule has 0 saturated heterocycles. The predicted molar refractivity (Wildman–Crippen MR) is 140 cm³/mol. The standard InChI is InChI=1S/C32H52O2/c1-20(2)22-12-15-29(6)18-19-31(8)23(27(22)29)10-11-25-30(7)16-14-26(34-21(3)33)28(4,5)24(30)13-17-32(25,31)9/h22-27H,1,10-19H2,2-9H3/t22-,23+,24+,25+,26-,27+,29+,30-,31+,32+/m0/s1. The van der Waals surface area contributed by atoms with Crippen LogP contribution in [-0.4, -0.2) is 12.1 Å². The number of esters is 1. The summed E-state index contributed by atoms with van der Waals surface area (Å²) in [6.45, 7) is 23.9. The second-order valence-corrected chi connectivity index (χ2v) is 15.3. The van der Waals surface area contributed by atoms with Gasteiger partial charge in [0, 0.05) is 12.3 Å². The van der Waals surface area contributed by atoms with Crippen LogP contribution in [0.1, 0.15) is 120 Å². The number of allylic oxidation sites excluding steroid dienone is 1.